The van der Waals surface area contributed by atoms with Crippen LogP contribution in [0.4, 0.5) is 0 Å². The normalized spacial score (nSPS) is 18.8. The minimum atomic E-state index is 0.0147. The molecule has 5 heteroatoms. The number of hydrogen-bond donors (Lipinski definition) is 1. The summed E-state index contributed by atoms with van der Waals surface area (Å²) < 4.78 is 7.85. The molecule has 1 unspecified atom stereocenters. The summed E-state index contributed by atoms with van der Waals surface area (Å²) >= 11 is 6.43. The number of hydrogen-bond acceptors (Lipinski definition) is 3. The van der Waals surface area contributed by atoms with Crippen molar-refractivity contribution in [3.63, 3.8) is 0 Å². The smallest absolute Gasteiger partial charge is 0.0834 e. The van der Waals surface area contributed by atoms with Crippen molar-refractivity contribution in [2.24, 2.45) is 0 Å². The van der Waals surface area contributed by atoms with Gasteiger partial charge in [0, 0.05) is 13.2 Å². The van der Waals surface area contributed by atoms with Gasteiger partial charge in [0.1, 0.15) is 0 Å². The molecule has 1 aliphatic rings. The first kappa shape index (κ1) is 16.8. The molecular weight excluding hydrogens is 286 g/mol. The molecule has 0 radical (unpaired) electrons. The molecule has 120 valence electrons. The zero-order valence-corrected chi connectivity index (χ0v) is 14.4. The number of ether oxygens (including phenoxy) is 1. The Bertz CT molecular complexity index is 449. The van der Waals surface area contributed by atoms with Crippen LogP contribution < -0.4 is 5.32 Å². The van der Waals surface area contributed by atoms with Crippen LogP contribution in [0.25, 0.3) is 0 Å². The van der Waals surface area contributed by atoms with Crippen LogP contribution in [0.5, 0.6) is 0 Å². The lowest BCUT2D eigenvalue weighted by molar-refractivity contribution is -0.0843. The molecule has 0 aromatic carbocycles. The number of aromatic nitrogens is 2. The van der Waals surface area contributed by atoms with E-state index in [9.17, 15) is 0 Å². The van der Waals surface area contributed by atoms with Gasteiger partial charge in [-0.2, -0.15) is 5.10 Å². The van der Waals surface area contributed by atoms with E-state index >= 15 is 0 Å². The van der Waals surface area contributed by atoms with Gasteiger partial charge in [-0.25, -0.2) is 0 Å². The number of halogens is 1. The number of methoxy groups -OCH3 is 1. The highest BCUT2D eigenvalue weighted by Crippen LogP contribution is 2.43. The maximum Gasteiger partial charge on any atom is 0.0834 e. The second-order valence-electron chi connectivity index (χ2n) is 6.37. The van der Waals surface area contributed by atoms with E-state index in [1.165, 1.54) is 6.42 Å². The summed E-state index contributed by atoms with van der Waals surface area (Å²) in [7, 11) is 1.83. The Morgan fingerprint density at radius 2 is 2.19 bits per heavy atom. The molecule has 21 heavy (non-hydrogen) atoms. The molecule has 4 nitrogen and oxygen atoms in total. The van der Waals surface area contributed by atoms with Crippen LogP contribution in [-0.4, -0.2) is 29.0 Å². The zero-order chi connectivity index (χ0) is 15.5. The Hall–Kier alpha value is -0.580. The Morgan fingerprint density at radius 1 is 1.48 bits per heavy atom. The van der Waals surface area contributed by atoms with Crippen molar-refractivity contribution in [2.75, 3.05) is 13.7 Å². The van der Waals surface area contributed by atoms with E-state index < -0.39 is 0 Å². The van der Waals surface area contributed by atoms with Crippen LogP contribution >= 0.6 is 11.6 Å². The Labute approximate surface area is 133 Å². The second kappa shape index (κ2) is 7.12. The molecule has 0 bridgehead atoms. The summed E-state index contributed by atoms with van der Waals surface area (Å²) in [5.41, 5.74) is 1.12. The molecule has 2 rings (SSSR count). The molecule has 1 saturated carbocycles. The molecule has 1 atom stereocenters. The molecule has 0 amide bonds. The van der Waals surface area contributed by atoms with Crippen LogP contribution in [0, 0.1) is 0 Å². The molecule has 1 aromatic rings. The first-order valence-corrected chi connectivity index (χ1v) is 8.42. The Morgan fingerprint density at radius 3 is 2.67 bits per heavy atom. The number of nitrogens with zero attached hydrogens (tertiary/aromatic N) is 2. The average Bonchev–Trinajstić information content (AvgIpc) is 2.80. The molecule has 0 saturated heterocycles. The molecule has 1 aliphatic carbocycles. The molecular formula is C16H28ClN3O. The van der Waals surface area contributed by atoms with Crippen molar-refractivity contribution in [1.82, 2.24) is 15.1 Å². The average molecular weight is 314 g/mol. The van der Waals surface area contributed by atoms with Gasteiger partial charge in [0.05, 0.1) is 28.6 Å². The van der Waals surface area contributed by atoms with E-state index in [-0.39, 0.29) is 11.6 Å². The second-order valence-corrected chi connectivity index (χ2v) is 6.77. The minimum Gasteiger partial charge on any atom is -0.378 e. The molecule has 1 heterocycles. The van der Waals surface area contributed by atoms with E-state index in [2.05, 4.69) is 31.2 Å². The van der Waals surface area contributed by atoms with Crippen molar-refractivity contribution in [1.29, 1.82) is 0 Å². The standard InChI is InChI=1S/C16H28ClN3O/c1-5-9-18-14(10-16(21-4)7-6-8-16)15-13(17)11-19-20(15)12(2)3/h11-12,14,18H,5-10H2,1-4H3. The molecule has 0 spiro atoms. The molecule has 1 fully saturated rings. The lowest BCUT2D eigenvalue weighted by Crippen LogP contribution is -2.43. The van der Waals surface area contributed by atoms with Crippen molar-refractivity contribution in [3.8, 4) is 0 Å². The van der Waals surface area contributed by atoms with E-state index in [1.54, 1.807) is 6.20 Å². The van der Waals surface area contributed by atoms with Gasteiger partial charge < -0.3 is 10.1 Å². The fourth-order valence-electron chi connectivity index (χ4n) is 3.11. The predicted molar refractivity (Wildman–Crippen MR) is 86.9 cm³/mol. The van der Waals surface area contributed by atoms with Gasteiger partial charge in [-0.05, 0) is 52.5 Å². The molecule has 1 N–H and O–H groups in total. The molecule has 1 aromatic heterocycles. The summed E-state index contributed by atoms with van der Waals surface area (Å²) in [6.07, 6.45) is 7.36. The van der Waals surface area contributed by atoms with E-state index in [0.717, 1.165) is 42.9 Å². The predicted octanol–water partition coefficient (Wildman–Crippen LogP) is 4.12. The van der Waals surface area contributed by atoms with Crippen LogP contribution in [0.2, 0.25) is 5.02 Å². The first-order valence-electron chi connectivity index (χ1n) is 8.04. The van der Waals surface area contributed by atoms with Gasteiger partial charge in [0.2, 0.25) is 0 Å². The first-order chi connectivity index (χ1) is 10.0. The highest BCUT2D eigenvalue weighted by molar-refractivity contribution is 6.31. The highest BCUT2D eigenvalue weighted by Gasteiger charge is 2.40. The fourth-order valence-corrected chi connectivity index (χ4v) is 3.37. The Balaban J connectivity index is 2.25. The minimum absolute atomic E-state index is 0.0147. The van der Waals surface area contributed by atoms with E-state index in [0.29, 0.717) is 6.04 Å². The van der Waals surface area contributed by atoms with E-state index in [4.69, 9.17) is 16.3 Å². The van der Waals surface area contributed by atoms with Gasteiger partial charge in [0.15, 0.2) is 0 Å². The van der Waals surface area contributed by atoms with Gasteiger partial charge in [-0.1, -0.05) is 18.5 Å². The summed E-state index contributed by atoms with van der Waals surface area (Å²) in [5.74, 6) is 0. The number of nitrogens with one attached hydrogen (secondary N) is 1. The lowest BCUT2D eigenvalue weighted by atomic mass is 9.75. The zero-order valence-electron chi connectivity index (χ0n) is 13.7. The van der Waals surface area contributed by atoms with Crippen LogP contribution in [-0.2, 0) is 4.74 Å². The van der Waals surface area contributed by atoms with Gasteiger partial charge >= 0.3 is 0 Å². The highest BCUT2D eigenvalue weighted by atomic mass is 35.5. The van der Waals surface area contributed by atoms with Crippen molar-refractivity contribution in [2.45, 2.75) is 70.6 Å². The third-order valence-electron chi connectivity index (χ3n) is 4.52. The summed E-state index contributed by atoms with van der Waals surface area (Å²) in [6.45, 7) is 7.43. The van der Waals surface area contributed by atoms with Crippen molar-refractivity contribution < 1.29 is 4.74 Å². The lowest BCUT2D eigenvalue weighted by Gasteiger charge is -2.43. The third-order valence-corrected chi connectivity index (χ3v) is 4.81. The monoisotopic (exact) mass is 313 g/mol. The quantitative estimate of drug-likeness (QED) is 0.784. The fraction of sp³-hybridized carbons (Fsp3) is 0.812. The van der Waals surface area contributed by atoms with Gasteiger partial charge in [-0.3, -0.25) is 4.68 Å². The van der Waals surface area contributed by atoms with Gasteiger partial charge in [0.25, 0.3) is 0 Å². The van der Waals surface area contributed by atoms with Crippen molar-refractivity contribution >= 4 is 11.6 Å². The van der Waals surface area contributed by atoms with Crippen molar-refractivity contribution in [3.05, 3.63) is 16.9 Å². The Kier molecular flexibility index (Phi) is 5.69. The van der Waals surface area contributed by atoms with Crippen LogP contribution in [0.15, 0.2) is 6.20 Å². The maximum absolute atomic E-state index is 6.43. The van der Waals surface area contributed by atoms with Crippen LogP contribution in [0.1, 0.15) is 70.7 Å². The topological polar surface area (TPSA) is 39.1 Å². The SMILES string of the molecule is CCCNC(CC1(OC)CCC1)c1c(Cl)cnn1C(C)C. The molecule has 0 aliphatic heterocycles. The van der Waals surface area contributed by atoms with Gasteiger partial charge in [-0.15, -0.1) is 0 Å². The maximum atomic E-state index is 6.43. The number of rotatable bonds is 8. The summed E-state index contributed by atoms with van der Waals surface area (Å²) in [6, 6.07) is 0.501. The third kappa shape index (κ3) is 3.61. The summed E-state index contributed by atoms with van der Waals surface area (Å²) in [4.78, 5) is 0. The van der Waals surface area contributed by atoms with Crippen LogP contribution in [0.3, 0.4) is 0 Å². The largest absolute Gasteiger partial charge is 0.378 e. The van der Waals surface area contributed by atoms with E-state index in [1.807, 2.05) is 11.8 Å². The summed E-state index contributed by atoms with van der Waals surface area (Å²) in [5, 5.41) is 8.84.